The van der Waals surface area contributed by atoms with E-state index in [2.05, 4.69) is 10.0 Å². The van der Waals surface area contributed by atoms with Crippen LogP contribution in [0, 0.1) is 5.92 Å². The van der Waals surface area contributed by atoms with Crippen molar-refractivity contribution in [3.05, 3.63) is 35.4 Å². The van der Waals surface area contributed by atoms with E-state index in [4.69, 9.17) is 0 Å². The summed E-state index contributed by atoms with van der Waals surface area (Å²) in [5.41, 5.74) is -1.14. The molecule has 9 heteroatoms. The van der Waals surface area contributed by atoms with Crippen LogP contribution in [0.4, 0.5) is 13.2 Å². The van der Waals surface area contributed by atoms with Crippen LogP contribution >= 0.6 is 12.4 Å². The highest BCUT2D eigenvalue weighted by atomic mass is 35.5. The molecule has 2 rings (SSSR count). The third-order valence-corrected chi connectivity index (χ3v) is 4.72. The van der Waals surface area contributed by atoms with Crippen molar-refractivity contribution in [1.29, 1.82) is 0 Å². The first kappa shape index (κ1) is 19.2. The van der Waals surface area contributed by atoms with Crippen molar-refractivity contribution in [3.8, 4) is 0 Å². The fourth-order valence-corrected chi connectivity index (χ4v) is 3.56. The molecule has 0 bridgehead atoms. The smallest absolute Gasteiger partial charge is 0.316 e. The molecule has 1 unspecified atom stereocenters. The maximum Gasteiger partial charge on any atom is 0.416 e. The maximum atomic E-state index is 12.8. The predicted octanol–water partition coefficient (Wildman–Crippen LogP) is 2.16. The largest absolute Gasteiger partial charge is 0.416 e. The quantitative estimate of drug-likeness (QED) is 0.848. The number of sulfonamides is 1. The Morgan fingerprint density at radius 2 is 1.95 bits per heavy atom. The minimum Gasteiger partial charge on any atom is -0.316 e. The molecule has 126 valence electrons. The average Bonchev–Trinajstić information content (AvgIpc) is 2.88. The molecule has 1 aliphatic heterocycles. The summed E-state index contributed by atoms with van der Waals surface area (Å²) >= 11 is 0. The summed E-state index contributed by atoms with van der Waals surface area (Å²) in [7, 11) is -3.78. The highest BCUT2D eigenvalue weighted by Crippen LogP contribution is 2.32. The Morgan fingerprint density at radius 1 is 1.27 bits per heavy atom. The highest BCUT2D eigenvalue weighted by Gasteiger charge is 2.34. The van der Waals surface area contributed by atoms with Crippen LogP contribution in [0.1, 0.15) is 17.5 Å². The van der Waals surface area contributed by atoms with Gasteiger partial charge >= 0.3 is 6.18 Å². The molecule has 0 aliphatic carbocycles. The molecule has 22 heavy (non-hydrogen) atoms. The molecule has 2 N–H and O–H groups in total. The van der Waals surface area contributed by atoms with Crippen molar-refractivity contribution in [2.24, 2.45) is 5.92 Å². The standard InChI is InChI=1S/C13H17F3N2O2S.ClH/c14-13(15,16)12-4-2-1-3-11(12)9-21(19,20)18-8-10-5-6-17-7-10;/h1-4,10,17-18H,5-9H2;1H. The molecule has 0 radical (unpaired) electrons. The minimum atomic E-state index is -4.55. The number of hydrogen-bond donors (Lipinski definition) is 2. The molecular formula is C13H18ClF3N2O2S. The number of nitrogens with one attached hydrogen (secondary N) is 2. The van der Waals surface area contributed by atoms with E-state index in [0.717, 1.165) is 25.6 Å². The van der Waals surface area contributed by atoms with Crippen molar-refractivity contribution in [2.45, 2.75) is 18.3 Å². The second-order valence-corrected chi connectivity index (χ2v) is 6.93. The third kappa shape index (κ3) is 5.42. The Labute approximate surface area is 133 Å². The maximum absolute atomic E-state index is 12.8. The lowest BCUT2D eigenvalue weighted by Crippen LogP contribution is -2.31. The first-order chi connectivity index (χ1) is 9.78. The van der Waals surface area contributed by atoms with Crippen LogP contribution in [-0.4, -0.2) is 28.1 Å². The van der Waals surface area contributed by atoms with E-state index >= 15 is 0 Å². The van der Waals surface area contributed by atoms with Crippen molar-refractivity contribution in [2.75, 3.05) is 19.6 Å². The van der Waals surface area contributed by atoms with E-state index < -0.39 is 27.5 Å². The molecule has 0 saturated carbocycles. The van der Waals surface area contributed by atoms with Crippen LogP contribution in [0.5, 0.6) is 0 Å². The van der Waals surface area contributed by atoms with E-state index in [1.807, 2.05) is 0 Å². The summed E-state index contributed by atoms with van der Waals surface area (Å²) in [6, 6.07) is 4.74. The van der Waals surface area contributed by atoms with Gasteiger partial charge in [-0.1, -0.05) is 18.2 Å². The van der Waals surface area contributed by atoms with Crippen LogP contribution < -0.4 is 10.0 Å². The van der Waals surface area contributed by atoms with E-state index in [1.54, 1.807) is 0 Å². The Morgan fingerprint density at radius 3 is 2.55 bits per heavy atom. The molecule has 1 aromatic rings. The topological polar surface area (TPSA) is 58.2 Å². The van der Waals surface area contributed by atoms with Gasteiger partial charge in [-0.2, -0.15) is 13.2 Å². The van der Waals surface area contributed by atoms with Crippen molar-refractivity contribution < 1.29 is 21.6 Å². The Hall–Kier alpha value is -0.830. The zero-order valence-corrected chi connectivity index (χ0v) is 13.3. The summed E-state index contributed by atoms with van der Waals surface area (Å²) in [4.78, 5) is 0. The number of benzene rings is 1. The fourth-order valence-electron chi connectivity index (χ4n) is 2.31. The monoisotopic (exact) mass is 358 g/mol. The van der Waals surface area contributed by atoms with Gasteiger partial charge in [0.1, 0.15) is 0 Å². The van der Waals surface area contributed by atoms with Gasteiger partial charge in [-0.05, 0) is 37.1 Å². The second-order valence-electron chi connectivity index (χ2n) is 5.12. The number of hydrogen-bond acceptors (Lipinski definition) is 3. The van der Waals surface area contributed by atoms with E-state index in [9.17, 15) is 21.6 Å². The number of halogens is 4. The van der Waals surface area contributed by atoms with Crippen LogP contribution in [-0.2, 0) is 22.0 Å². The van der Waals surface area contributed by atoms with E-state index in [0.29, 0.717) is 0 Å². The molecule has 1 saturated heterocycles. The Kier molecular flexibility index (Phi) is 6.66. The summed E-state index contributed by atoms with van der Waals surface area (Å²) in [6.45, 7) is 1.81. The molecule has 0 aromatic heterocycles. The second kappa shape index (κ2) is 7.63. The lowest BCUT2D eigenvalue weighted by Gasteiger charge is -2.14. The summed E-state index contributed by atoms with van der Waals surface area (Å²) in [6.07, 6.45) is -3.69. The van der Waals surface area contributed by atoms with E-state index in [-0.39, 0.29) is 30.4 Å². The lowest BCUT2D eigenvalue weighted by atomic mass is 10.1. The van der Waals surface area contributed by atoms with Gasteiger partial charge in [-0.15, -0.1) is 12.4 Å². The van der Waals surface area contributed by atoms with Gasteiger partial charge in [0, 0.05) is 6.54 Å². The van der Waals surface area contributed by atoms with Crippen molar-refractivity contribution in [3.63, 3.8) is 0 Å². The molecule has 1 aliphatic rings. The molecule has 4 nitrogen and oxygen atoms in total. The molecule has 1 heterocycles. The van der Waals surface area contributed by atoms with Crippen molar-refractivity contribution >= 4 is 22.4 Å². The average molecular weight is 359 g/mol. The highest BCUT2D eigenvalue weighted by molar-refractivity contribution is 7.88. The van der Waals surface area contributed by atoms with Crippen LogP contribution in [0.2, 0.25) is 0 Å². The van der Waals surface area contributed by atoms with Gasteiger partial charge in [0.15, 0.2) is 0 Å². The van der Waals surface area contributed by atoms with Gasteiger partial charge in [0.25, 0.3) is 0 Å². The first-order valence-electron chi connectivity index (χ1n) is 6.61. The normalized spacial score (nSPS) is 19.0. The molecule has 0 spiro atoms. The van der Waals surface area contributed by atoms with Gasteiger partial charge in [0.05, 0.1) is 11.3 Å². The zero-order chi connectivity index (χ0) is 15.5. The fraction of sp³-hybridized carbons (Fsp3) is 0.538. The summed E-state index contributed by atoms with van der Waals surface area (Å²) in [5.74, 6) is -0.472. The lowest BCUT2D eigenvalue weighted by molar-refractivity contribution is -0.138. The molecule has 1 fully saturated rings. The van der Waals surface area contributed by atoms with Gasteiger partial charge in [0.2, 0.25) is 10.0 Å². The van der Waals surface area contributed by atoms with Gasteiger partial charge < -0.3 is 5.32 Å². The van der Waals surface area contributed by atoms with Gasteiger partial charge in [-0.25, -0.2) is 13.1 Å². The zero-order valence-electron chi connectivity index (χ0n) is 11.7. The molecule has 0 amide bonds. The van der Waals surface area contributed by atoms with Crippen LogP contribution in [0.15, 0.2) is 24.3 Å². The minimum absolute atomic E-state index is 0. The van der Waals surface area contributed by atoms with Crippen molar-refractivity contribution in [1.82, 2.24) is 10.0 Å². The Balaban J connectivity index is 0.00000242. The molecule has 1 atom stereocenters. The number of alkyl halides is 3. The summed E-state index contributed by atoms with van der Waals surface area (Å²) in [5, 5.41) is 3.10. The predicted molar refractivity (Wildman–Crippen MR) is 80.3 cm³/mol. The SMILES string of the molecule is Cl.O=S(=O)(Cc1ccccc1C(F)(F)F)NCC1CCNC1. The van der Waals surface area contributed by atoms with E-state index in [1.165, 1.54) is 18.2 Å². The van der Waals surface area contributed by atoms with Gasteiger partial charge in [-0.3, -0.25) is 0 Å². The summed E-state index contributed by atoms with van der Waals surface area (Å²) < 4.78 is 64.8. The Bertz CT molecular complexity index is 587. The van der Waals surface area contributed by atoms with Crippen LogP contribution in [0.25, 0.3) is 0 Å². The number of rotatable bonds is 5. The third-order valence-electron chi connectivity index (χ3n) is 3.42. The first-order valence-corrected chi connectivity index (χ1v) is 8.26. The van der Waals surface area contributed by atoms with Crippen LogP contribution in [0.3, 0.4) is 0 Å². The molecular weight excluding hydrogens is 341 g/mol. The molecule has 1 aromatic carbocycles.